The molecule has 0 radical (unpaired) electrons. The molecule has 7 nitrogen and oxygen atoms in total. The Morgan fingerprint density at radius 3 is 3.00 bits per heavy atom. The normalized spacial score (nSPS) is 23.4. The van der Waals surface area contributed by atoms with Crippen molar-refractivity contribution in [2.24, 2.45) is 0 Å². The Morgan fingerprint density at radius 2 is 2.37 bits per heavy atom. The van der Waals surface area contributed by atoms with E-state index in [2.05, 4.69) is 14.9 Å². The van der Waals surface area contributed by atoms with Gasteiger partial charge in [-0.25, -0.2) is 13.1 Å². The largest absolute Gasteiger partial charge is 0.392 e. The van der Waals surface area contributed by atoms with Crippen molar-refractivity contribution in [1.82, 2.24) is 14.9 Å². The Hall–Kier alpha value is -0.960. The van der Waals surface area contributed by atoms with E-state index in [1.807, 2.05) is 13.8 Å². The number of ether oxygens (including phenoxy) is 1. The molecule has 108 valence electrons. The van der Waals surface area contributed by atoms with Crippen LogP contribution in [0.5, 0.6) is 0 Å². The molecule has 2 heterocycles. The second kappa shape index (κ2) is 5.20. The SMILES string of the molecule is CC1(C)CC(NS(=O)(=O)c2[nH]ncc2CO)CCO1. The molecule has 1 unspecified atom stereocenters. The van der Waals surface area contributed by atoms with Gasteiger partial charge in [0.15, 0.2) is 5.03 Å². The van der Waals surface area contributed by atoms with Gasteiger partial charge in [0.1, 0.15) is 0 Å². The standard InChI is InChI=1S/C11H19N3O4S/c1-11(2)5-9(3-4-18-11)14-19(16,17)10-8(7-15)6-12-13-10/h6,9,14-15H,3-5,7H2,1-2H3,(H,12,13). The first kappa shape index (κ1) is 14.4. The van der Waals surface area contributed by atoms with Gasteiger partial charge in [0.25, 0.3) is 10.0 Å². The fraction of sp³-hybridized carbons (Fsp3) is 0.727. The Balaban J connectivity index is 2.14. The number of nitrogens with one attached hydrogen (secondary N) is 2. The molecule has 2 rings (SSSR count). The molecule has 0 amide bonds. The quantitative estimate of drug-likeness (QED) is 0.731. The van der Waals surface area contributed by atoms with Gasteiger partial charge in [0, 0.05) is 18.2 Å². The summed E-state index contributed by atoms with van der Waals surface area (Å²) in [5, 5.41) is 15.1. The monoisotopic (exact) mass is 289 g/mol. The van der Waals surface area contributed by atoms with Gasteiger partial charge in [0.05, 0.1) is 18.4 Å². The van der Waals surface area contributed by atoms with E-state index in [1.165, 1.54) is 6.20 Å². The van der Waals surface area contributed by atoms with Gasteiger partial charge in [-0.3, -0.25) is 5.10 Å². The maximum atomic E-state index is 12.2. The number of aliphatic hydroxyl groups excluding tert-OH is 1. The topological polar surface area (TPSA) is 104 Å². The molecule has 0 saturated carbocycles. The summed E-state index contributed by atoms with van der Waals surface area (Å²) in [7, 11) is -3.69. The maximum Gasteiger partial charge on any atom is 0.258 e. The van der Waals surface area contributed by atoms with Crippen LogP contribution in [-0.2, 0) is 21.4 Å². The summed E-state index contributed by atoms with van der Waals surface area (Å²) in [4.78, 5) is 0. The lowest BCUT2D eigenvalue weighted by atomic mass is 9.95. The van der Waals surface area contributed by atoms with Gasteiger partial charge >= 0.3 is 0 Å². The van der Waals surface area contributed by atoms with Crippen LogP contribution < -0.4 is 4.72 Å². The van der Waals surface area contributed by atoms with E-state index in [0.717, 1.165) is 0 Å². The molecular weight excluding hydrogens is 270 g/mol. The summed E-state index contributed by atoms with van der Waals surface area (Å²) < 4.78 is 32.6. The Morgan fingerprint density at radius 1 is 1.63 bits per heavy atom. The number of hydrogen-bond donors (Lipinski definition) is 3. The van der Waals surface area contributed by atoms with E-state index < -0.39 is 10.0 Å². The number of hydrogen-bond acceptors (Lipinski definition) is 5. The molecule has 0 spiro atoms. The minimum Gasteiger partial charge on any atom is -0.392 e. The molecule has 1 atom stereocenters. The number of rotatable bonds is 4. The number of sulfonamides is 1. The zero-order valence-electron chi connectivity index (χ0n) is 11.0. The lowest BCUT2D eigenvalue weighted by Gasteiger charge is -2.35. The summed E-state index contributed by atoms with van der Waals surface area (Å²) in [5.74, 6) is 0. The van der Waals surface area contributed by atoms with Crippen LogP contribution in [0.1, 0.15) is 32.3 Å². The van der Waals surface area contributed by atoms with Gasteiger partial charge in [0.2, 0.25) is 0 Å². The van der Waals surface area contributed by atoms with Crippen molar-refractivity contribution in [3.05, 3.63) is 11.8 Å². The molecule has 19 heavy (non-hydrogen) atoms. The van der Waals surface area contributed by atoms with Crippen LogP contribution in [0.2, 0.25) is 0 Å². The fourth-order valence-corrected chi connectivity index (χ4v) is 3.65. The van der Waals surface area contributed by atoms with Gasteiger partial charge in [-0.2, -0.15) is 5.10 Å². The molecule has 0 aliphatic carbocycles. The third-order valence-corrected chi connectivity index (χ3v) is 4.67. The Kier molecular flexibility index (Phi) is 3.95. The predicted octanol–water partition coefficient (Wildman–Crippen LogP) is 0.138. The molecule has 8 heteroatoms. The third-order valence-electron chi connectivity index (χ3n) is 3.14. The zero-order valence-corrected chi connectivity index (χ0v) is 11.8. The van der Waals surface area contributed by atoms with Crippen LogP contribution in [0.15, 0.2) is 11.2 Å². The van der Waals surface area contributed by atoms with Gasteiger partial charge in [-0.15, -0.1) is 0 Å². The lowest BCUT2D eigenvalue weighted by molar-refractivity contribution is -0.0599. The molecule has 0 aromatic carbocycles. The first-order valence-corrected chi connectivity index (χ1v) is 7.62. The van der Waals surface area contributed by atoms with Crippen molar-refractivity contribution in [3.8, 4) is 0 Å². The lowest BCUT2D eigenvalue weighted by Crippen LogP contribution is -2.45. The second-order valence-electron chi connectivity index (χ2n) is 5.30. The van der Waals surface area contributed by atoms with E-state index in [4.69, 9.17) is 9.84 Å². The number of nitrogens with zero attached hydrogens (tertiary/aromatic N) is 1. The van der Waals surface area contributed by atoms with E-state index in [-0.39, 0.29) is 28.8 Å². The Bertz CT molecular complexity index is 538. The van der Waals surface area contributed by atoms with Gasteiger partial charge in [-0.1, -0.05) is 0 Å². The minimum absolute atomic E-state index is 0.0701. The smallest absolute Gasteiger partial charge is 0.258 e. The molecule has 3 N–H and O–H groups in total. The van der Waals surface area contributed by atoms with Gasteiger partial charge < -0.3 is 9.84 Å². The Labute approximate surface area is 112 Å². The summed E-state index contributed by atoms with van der Waals surface area (Å²) in [5.41, 5.74) is -0.0713. The first-order chi connectivity index (χ1) is 8.84. The molecule has 1 aliphatic rings. The van der Waals surface area contributed by atoms with Crippen LogP contribution in [-0.4, -0.2) is 42.0 Å². The zero-order chi connectivity index (χ0) is 14.1. The summed E-state index contributed by atoms with van der Waals surface area (Å²) >= 11 is 0. The van der Waals surface area contributed by atoms with E-state index in [1.54, 1.807) is 0 Å². The van der Waals surface area contributed by atoms with E-state index in [9.17, 15) is 8.42 Å². The summed E-state index contributed by atoms with van der Waals surface area (Å²) in [6, 6.07) is -0.177. The van der Waals surface area contributed by atoms with E-state index in [0.29, 0.717) is 19.4 Å². The molecule has 1 saturated heterocycles. The second-order valence-corrected chi connectivity index (χ2v) is 6.95. The average Bonchev–Trinajstić information content (AvgIpc) is 2.75. The molecule has 1 aliphatic heterocycles. The van der Waals surface area contributed by atoms with Gasteiger partial charge in [-0.05, 0) is 26.7 Å². The molecule has 1 aromatic rings. The highest BCUT2D eigenvalue weighted by atomic mass is 32.2. The third kappa shape index (κ3) is 3.33. The van der Waals surface area contributed by atoms with Crippen molar-refractivity contribution in [3.63, 3.8) is 0 Å². The number of aromatic amines is 1. The number of H-pyrrole nitrogens is 1. The van der Waals surface area contributed by atoms with Crippen LogP contribution in [0.4, 0.5) is 0 Å². The van der Waals surface area contributed by atoms with E-state index >= 15 is 0 Å². The summed E-state index contributed by atoms with van der Waals surface area (Å²) in [6.45, 7) is 4.02. The molecule has 1 fully saturated rings. The van der Waals surface area contributed by atoms with Crippen molar-refractivity contribution in [1.29, 1.82) is 0 Å². The highest BCUT2D eigenvalue weighted by Crippen LogP contribution is 2.25. The van der Waals surface area contributed by atoms with Crippen LogP contribution in [0, 0.1) is 0 Å². The average molecular weight is 289 g/mol. The first-order valence-electron chi connectivity index (χ1n) is 6.13. The van der Waals surface area contributed by atoms with Crippen molar-refractivity contribution < 1.29 is 18.3 Å². The maximum absolute atomic E-state index is 12.2. The van der Waals surface area contributed by atoms with Crippen molar-refractivity contribution in [2.75, 3.05) is 6.61 Å². The molecule has 0 bridgehead atoms. The fourth-order valence-electron chi connectivity index (χ4n) is 2.26. The highest BCUT2D eigenvalue weighted by molar-refractivity contribution is 7.89. The molecule has 1 aromatic heterocycles. The summed E-state index contributed by atoms with van der Waals surface area (Å²) in [6.07, 6.45) is 2.54. The number of aromatic nitrogens is 2. The van der Waals surface area contributed by atoms with Crippen molar-refractivity contribution in [2.45, 2.75) is 50.0 Å². The van der Waals surface area contributed by atoms with Crippen LogP contribution >= 0.6 is 0 Å². The number of aliphatic hydroxyl groups is 1. The predicted molar refractivity (Wildman–Crippen MR) is 67.9 cm³/mol. The minimum atomic E-state index is -3.69. The van der Waals surface area contributed by atoms with Crippen molar-refractivity contribution >= 4 is 10.0 Å². The molecular formula is C11H19N3O4S. The van der Waals surface area contributed by atoms with Crippen LogP contribution in [0.25, 0.3) is 0 Å². The van der Waals surface area contributed by atoms with Crippen LogP contribution in [0.3, 0.4) is 0 Å². The highest BCUT2D eigenvalue weighted by Gasteiger charge is 2.32.